The summed E-state index contributed by atoms with van der Waals surface area (Å²) in [5, 5.41) is 12.3. The highest BCUT2D eigenvalue weighted by Crippen LogP contribution is 2.24. The molecule has 6 nitrogen and oxygen atoms in total. The van der Waals surface area contributed by atoms with E-state index in [2.05, 4.69) is 10.2 Å². The zero-order valence-corrected chi connectivity index (χ0v) is 13.2. The van der Waals surface area contributed by atoms with E-state index in [0.717, 1.165) is 19.6 Å². The molecular formula is C14H25N3O3S. The molecule has 0 aromatic rings. The Balaban J connectivity index is 1.62. The van der Waals surface area contributed by atoms with Gasteiger partial charge in [-0.25, -0.2) is 4.79 Å². The summed E-state index contributed by atoms with van der Waals surface area (Å²) < 4.78 is 0. The van der Waals surface area contributed by atoms with E-state index in [-0.39, 0.29) is 12.5 Å². The van der Waals surface area contributed by atoms with Crippen molar-refractivity contribution in [1.82, 2.24) is 15.1 Å². The van der Waals surface area contributed by atoms with Gasteiger partial charge in [0, 0.05) is 44.5 Å². The molecule has 2 aliphatic heterocycles. The standard InChI is InChI=1S/C14H25N3O3S/c18-13(19)4-5-16-6-8-17(9-7-16)14(20)15-11-12-3-1-2-10-21-12/h12H,1-11H2,(H,15,20)(H,18,19). The van der Waals surface area contributed by atoms with Gasteiger partial charge in [0.25, 0.3) is 0 Å². The fourth-order valence-corrected chi connectivity index (χ4v) is 3.95. The van der Waals surface area contributed by atoms with E-state index in [1.54, 1.807) is 0 Å². The van der Waals surface area contributed by atoms with Crippen molar-refractivity contribution in [2.24, 2.45) is 0 Å². The third kappa shape index (κ3) is 5.74. The van der Waals surface area contributed by atoms with Crippen molar-refractivity contribution in [2.75, 3.05) is 45.0 Å². The summed E-state index contributed by atoms with van der Waals surface area (Å²) in [6, 6.07) is 0.0269. The van der Waals surface area contributed by atoms with Crippen LogP contribution in [0.15, 0.2) is 0 Å². The van der Waals surface area contributed by atoms with Crippen molar-refractivity contribution < 1.29 is 14.7 Å². The van der Waals surface area contributed by atoms with E-state index in [4.69, 9.17) is 5.11 Å². The maximum Gasteiger partial charge on any atom is 0.317 e. The van der Waals surface area contributed by atoms with Crippen LogP contribution in [0.5, 0.6) is 0 Å². The first kappa shape index (κ1) is 16.4. The fraction of sp³-hybridized carbons (Fsp3) is 0.857. The third-order valence-corrected chi connectivity index (χ3v) is 5.45. The van der Waals surface area contributed by atoms with Crippen LogP contribution in [0, 0.1) is 0 Å². The van der Waals surface area contributed by atoms with E-state index in [1.807, 2.05) is 16.7 Å². The van der Waals surface area contributed by atoms with Gasteiger partial charge in [-0.05, 0) is 18.6 Å². The fourth-order valence-electron chi connectivity index (χ4n) is 2.71. The Morgan fingerprint density at radius 1 is 1.19 bits per heavy atom. The van der Waals surface area contributed by atoms with Crippen LogP contribution in [-0.2, 0) is 4.79 Å². The highest BCUT2D eigenvalue weighted by Gasteiger charge is 2.22. The molecular weight excluding hydrogens is 290 g/mol. The van der Waals surface area contributed by atoms with Crippen LogP contribution in [0.25, 0.3) is 0 Å². The summed E-state index contributed by atoms with van der Waals surface area (Å²) in [4.78, 5) is 26.6. The van der Waals surface area contributed by atoms with Gasteiger partial charge >= 0.3 is 12.0 Å². The Hall–Kier alpha value is -0.950. The first-order chi connectivity index (χ1) is 10.1. The molecule has 0 radical (unpaired) electrons. The Bertz CT molecular complexity index is 353. The first-order valence-corrected chi connectivity index (χ1v) is 8.78. The molecule has 2 fully saturated rings. The second kappa shape index (κ2) is 8.48. The third-order valence-electron chi connectivity index (χ3n) is 4.06. The van der Waals surface area contributed by atoms with Crippen LogP contribution in [0.2, 0.25) is 0 Å². The lowest BCUT2D eigenvalue weighted by Crippen LogP contribution is -2.52. The molecule has 0 aromatic carbocycles. The Labute approximate surface area is 130 Å². The number of piperazine rings is 1. The van der Waals surface area contributed by atoms with Crippen LogP contribution in [0.3, 0.4) is 0 Å². The lowest BCUT2D eigenvalue weighted by atomic mass is 10.2. The van der Waals surface area contributed by atoms with Gasteiger partial charge in [-0.3, -0.25) is 9.69 Å². The Kier molecular flexibility index (Phi) is 6.63. The maximum absolute atomic E-state index is 12.1. The number of thioether (sulfide) groups is 1. The van der Waals surface area contributed by atoms with Gasteiger partial charge < -0.3 is 15.3 Å². The van der Waals surface area contributed by atoms with E-state index in [9.17, 15) is 9.59 Å². The minimum Gasteiger partial charge on any atom is -0.481 e. The minimum atomic E-state index is -0.764. The van der Waals surface area contributed by atoms with Crippen molar-refractivity contribution in [1.29, 1.82) is 0 Å². The molecule has 2 saturated heterocycles. The van der Waals surface area contributed by atoms with Gasteiger partial charge in [0.1, 0.15) is 0 Å². The summed E-state index contributed by atoms with van der Waals surface area (Å²) in [6.45, 7) is 4.23. The SMILES string of the molecule is O=C(O)CCN1CCN(C(=O)NCC2CCCCS2)CC1. The van der Waals surface area contributed by atoms with E-state index in [0.29, 0.717) is 24.9 Å². The van der Waals surface area contributed by atoms with Gasteiger partial charge in [-0.2, -0.15) is 11.8 Å². The molecule has 2 amide bonds. The summed E-state index contributed by atoms with van der Waals surface area (Å²) in [6.07, 6.45) is 3.95. The number of carbonyl (C=O) groups is 2. The number of rotatable bonds is 5. The van der Waals surface area contributed by atoms with Crippen LogP contribution in [0.1, 0.15) is 25.7 Å². The zero-order chi connectivity index (χ0) is 15.1. The van der Waals surface area contributed by atoms with Crippen molar-refractivity contribution in [3.05, 3.63) is 0 Å². The number of carboxylic acid groups (broad SMARTS) is 1. The van der Waals surface area contributed by atoms with Crippen molar-refractivity contribution in [2.45, 2.75) is 30.9 Å². The molecule has 0 aliphatic carbocycles. The van der Waals surface area contributed by atoms with E-state index >= 15 is 0 Å². The molecule has 2 N–H and O–H groups in total. The number of hydrogen-bond donors (Lipinski definition) is 2. The zero-order valence-electron chi connectivity index (χ0n) is 12.4. The number of hydrogen-bond acceptors (Lipinski definition) is 4. The van der Waals surface area contributed by atoms with E-state index < -0.39 is 5.97 Å². The molecule has 0 aromatic heterocycles. The first-order valence-electron chi connectivity index (χ1n) is 7.73. The summed E-state index contributed by atoms with van der Waals surface area (Å²) in [5.41, 5.74) is 0. The van der Waals surface area contributed by atoms with Crippen LogP contribution < -0.4 is 5.32 Å². The summed E-state index contributed by atoms with van der Waals surface area (Å²) >= 11 is 1.96. The normalized spacial score (nSPS) is 23.8. The number of urea groups is 1. The number of carbonyl (C=O) groups excluding carboxylic acids is 1. The summed E-state index contributed by atoms with van der Waals surface area (Å²) in [7, 11) is 0. The predicted molar refractivity (Wildman–Crippen MR) is 83.8 cm³/mol. The molecule has 2 heterocycles. The van der Waals surface area contributed by atoms with Crippen LogP contribution >= 0.6 is 11.8 Å². The molecule has 21 heavy (non-hydrogen) atoms. The monoisotopic (exact) mass is 315 g/mol. The minimum absolute atomic E-state index is 0.0269. The van der Waals surface area contributed by atoms with Gasteiger partial charge in [0.05, 0.1) is 6.42 Å². The van der Waals surface area contributed by atoms with E-state index in [1.165, 1.54) is 25.0 Å². The molecule has 0 spiro atoms. The van der Waals surface area contributed by atoms with Gasteiger partial charge in [0.15, 0.2) is 0 Å². The molecule has 0 bridgehead atoms. The highest BCUT2D eigenvalue weighted by molar-refractivity contribution is 7.99. The molecule has 1 atom stereocenters. The lowest BCUT2D eigenvalue weighted by molar-refractivity contribution is -0.137. The van der Waals surface area contributed by atoms with Gasteiger partial charge in [-0.1, -0.05) is 6.42 Å². The second-order valence-electron chi connectivity index (χ2n) is 5.65. The molecule has 2 aliphatic rings. The highest BCUT2D eigenvalue weighted by atomic mass is 32.2. The summed E-state index contributed by atoms with van der Waals surface area (Å²) in [5.74, 6) is 0.447. The van der Waals surface area contributed by atoms with Gasteiger partial charge in [0.2, 0.25) is 0 Å². The predicted octanol–water partition coefficient (Wildman–Crippen LogP) is 1.07. The smallest absolute Gasteiger partial charge is 0.317 e. The van der Waals surface area contributed by atoms with Crippen molar-refractivity contribution in [3.63, 3.8) is 0 Å². The lowest BCUT2D eigenvalue weighted by Gasteiger charge is -2.34. The Morgan fingerprint density at radius 3 is 2.57 bits per heavy atom. The number of nitrogens with zero attached hydrogens (tertiary/aromatic N) is 2. The van der Waals surface area contributed by atoms with Crippen LogP contribution in [-0.4, -0.2) is 77.2 Å². The molecule has 1 unspecified atom stereocenters. The number of carboxylic acids is 1. The number of nitrogens with one attached hydrogen (secondary N) is 1. The molecule has 2 rings (SSSR count). The molecule has 7 heteroatoms. The second-order valence-corrected chi connectivity index (χ2v) is 7.06. The van der Waals surface area contributed by atoms with Crippen LogP contribution in [0.4, 0.5) is 4.79 Å². The molecule has 0 saturated carbocycles. The largest absolute Gasteiger partial charge is 0.481 e. The van der Waals surface area contributed by atoms with Crippen molar-refractivity contribution >= 4 is 23.8 Å². The molecule has 120 valence electrons. The Morgan fingerprint density at radius 2 is 1.95 bits per heavy atom. The quantitative estimate of drug-likeness (QED) is 0.794. The average Bonchev–Trinajstić information content (AvgIpc) is 2.52. The number of aliphatic carboxylic acids is 1. The number of amides is 2. The maximum atomic E-state index is 12.1. The van der Waals surface area contributed by atoms with Crippen molar-refractivity contribution in [3.8, 4) is 0 Å². The average molecular weight is 315 g/mol. The topological polar surface area (TPSA) is 72.9 Å². The van der Waals surface area contributed by atoms with Gasteiger partial charge in [-0.15, -0.1) is 0 Å².